The zero-order chi connectivity index (χ0) is 13.1. The summed E-state index contributed by atoms with van der Waals surface area (Å²) in [4.78, 5) is 0. The Hall–Kier alpha value is -1.80. The summed E-state index contributed by atoms with van der Waals surface area (Å²) < 4.78 is 1.01. The van der Waals surface area contributed by atoms with Crippen LogP contribution in [-0.4, -0.2) is 5.11 Å². The van der Waals surface area contributed by atoms with Gasteiger partial charge in [-0.05, 0) is 23.3 Å². The molecule has 90 valence electrons. The van der Waals surface area contributed by atoms with E-state index in [0.29, 0.717) is 5.56 Å². The van der Waals surface area contributed by atoms with E-state index in [2.05, 4.69) is 29.1 Å². The van der Waals surface area contributed by atoms with Crippen LogP contribution in [0.4, 0.5) is 0 Å². The van der Waals surface area contributed by atoms with E-state index in [1.54, 1.807) is 12.2 Å². The van der Waals surface area contributed by atoms with Gasteiger partial charge >= 0.3 is 0 Å². The topological polar surface area (TPSA) is 20.2 Å². The standard InChI is InChI=1S/C16H13BrO/c1-3-11-7-10-15(16(18)14(11)4-2)12-5-8-13(17)9-6-12/h3-10,18H,1-2H2. The van der Waals surface area contributed by atoms with Gasteiger partial charge in [0.1, 0.15) is 5.75 Å². The van der Waals surface area contributed by atoms with Crippen molar-refractivity contribution in [2.45, 2.75) is 0 Å². The quantitative estimate of drug-likeness (QED) is 0.835. The lowest BCUT2D eigenvalue weighted by molar-refractivity contribution is 0.476. The third-order valence-electron chi connectivity index (χ3n) is 2.83. The van der Waals surface area contributed by atoms with Crippen molar-refractivity contribution < 1.29 is 5.11 Å². The second kappa shape index (κ2) is 5.23. The lowest BCUT2D eigenvalue weighted by Gasteiger charge is -2.10. The number of benzene rings is 2. The van der Waals surface area contributed by atoms with Crippen molar-refractivity contribution >= 4 is 28.1 Å². The zero-order valence-electron chi connectivity index (χ0n) is 9.86. The molecule has 0 aliphatic rings. The summed E-state index contributed by atoms with van der Waals surface area (Å²) >= 11 is 3.40. The number of aromatic hydroxyl groups is 1. The summed E-state index contributed by atoms with van der Waals surface area (Å²) in [5, 5.41) is 10.3. The van der Waals surface area contributed by atoms with Gasteiger partial charge in [0, 0.05) is 15.6 Å². The average Bonchev–Trinajstić information content (AvgIpc) is 2.39. The molecule has 0 saturated heterocycles. The van der Waals surface area contributed by atoms with Crippen LogP contribution in [0.5, 0.6) is 5.75 Å². The molecule has 2 aromatic rings. The molecular formula is C16H13BrO. The largest absolute Gasteiger partial charge is 0.507 e. The van der Waals surface area contributed by atoms with Gasteiger partial charge in [-0.1, -0.05) is 65.5 Å². The molecule has 1 N–H and O–H groups in total. The molecule has 2 rings (SSSR count). The Kier molecular flexibility index (Phi) is 3.68. The average molecular weight is 301 g/mol. The van der Waals surface area contributed by atoms with E-state index >= 15 is 0 Å². The van der Waals surface area contributed by atoms with Gasteiger partial charge in [-0.25, -0.2) is 0 Å². The third kappa shape index (κ3) is 2.24. The Morgan fingerprint density at radius 2 is 1.61 bits per heavy atom. The maximum Gasteiger partial charge on any atom is 0.131 e. The van der Waals surface area contributed by atoms with Crippen LogP contribution in [0.3, 0.4) is 0 Å². The van der Waals surface area contributed by atoms with Crippen molar-refractivity contribution in [1.29, 1.82) is 0 Å². The number of phenols is 1. The molecule has 2 heteroatoms. The van der Waals surface area contributed by atoms with Gasteiger partial charge in [0.2, 0.25) is 0 Å². The first-order valence-corrected chi connectivity index (χ1v) is 6.33. The molecule has 0 radical (unpaired) electrons. The summed E-state index contributed by atoms with van der Waals surface area (Å²) in [7, 11) is 0. The molecule has 0 aromatic heterocycles. The normalized spacial score (nSPS) is 10.1. The van der Waals surface area contributed by atoms with Gasteiger partial charge in [-0.15, -0.1) is 0 Å². The van der Waals surface area contributed by atoms with Crippen LogP contribution >= 0.6 is 15.9 Å². The van der Waals surface area contributed by atoms with Gasteiger partial charge in [-0.2, -0.15) is 0 Å². The summed E-state index contributed by atoms with van der Waals surface area (Å²) in [6.45, 7) is 7.46. The summed E-state index contributed by atoms with van der Waals surface area (Å²) in [6.07, 6.45) is 3.36. The Labute approximate surface area is 115 Å². The van der Waals surface area contributed by atoms with E-state index in [1.165, 1.54) is 0 Å². The fourth-order valence-corrected chi connectivity index (χ4v) is 2.14. The van der Waals surface area contributed by atoms with Crippen molar-refractivity contribution in [1.82, 2.24) is 0 Å². The van der Waals surface area contributed by atoms with E-state index < -0.39 is 0 Å². The van der Waals surface area contributed by atoms with Crippen molar-refractivity contribution in [3.8, 4) is 16.9 Å². The lowest BCUT2D eigenvalue weighted by atomic mass is 9.97. The number of rotatable bonds is 3. The number of halogens is 1. The minimum absolute atomic E-state index is 0.240. The first-order valence-electron chi connectivity index (χ1n) is 5.54. The smallest absolute Gasteiger partial charge is 0.131 e. The van der Waals surface area contributed by atoms with Crippen LogP contribution in [0.1, 0.15) is 11.1 Å². The highest BCUT2D eigenvalue weighted by atomic mass is 79.9. The van der Waals surface area contributed by atoms with Crippen molar-refractivity contribution in [3.63, 3.8) is 0 Å². The molecule has 0 aliphatic carbocycles. The highest BCUT2D eigenvalue weighted by molar-refractivity contribution is 9.10. The minimum Gasteiger partial charge on any atom is -0.507 e. The molecular weight excluding hydrogens is 288 g/mol. The molecule has 0 aliphatic heterocycles. The molecule has 0 saturated carbocycles. The molecule has 0 atom stereocenters. The molecule has 0 fully saturated rings. The Morgan fingerprint density at radius 1 is 0.944 bits per heavy atom. The van der Waals surface area contributed by atoms with Crippen LogP contribution < -0.4 is 0 Å². The fourth-order valence-electron chi connectivity index (χ4n) is 1.88. The Balaban J connectivity index is 2.62. The molecule has 0 unspecified atom stereocenters. The van der Waals surface area contributed by atoms with Gasteiger partial charge in [0.15, 0.2) is 0 Å². The molecule has 0 bridgehead atoms. The monoisotopic (exact) mass is 300 g/mol. The molecule has 18 heavy (non-hydrogen) atoms. The predicted molar refractivity (Wildman–Crippen MR) is 81.4 cm³/mol. The van der Waals surface area contributed by atoms with E-state index in [-0.39, 0.29) is 5.75 Å². The van der Waals surface area contributed by atoms with Gasteiger partial charge in [-0.3, -0.25) is 0 Å². The van der Waals surface area contributed by atoms with Crippen molar-refractivity contribution in [2.75, 3.05) is 0 Å². The Morgan fingerprint density at radius 3 is 2.17 bits per heavy atom. The number of hydrogen-bond donors (Lipinski definition) is 1. The first-order chi connectivity index (χ1) is 8.67. The Bertz CT molecular complexity index is 597. The molecule has 0 heterocycles. The zero-order valence-corrected chi connectivity index (χ0v) is 11.4. The maximum absolute atomic E-state index is 10.3. The van der Waals surface area contributed by atoms with Crippen LogP contribution in [0.2, 0.25) is 0 Å². The fraction of sp³-hybridized carbons (Fsp3) is 0. The summed E-state index contributed by atoms with van der Waals surface area (Å²) in [5.74, 6) is 0.240. The third-order valence-corrected chi connectivity index (χ3v) is 3.36. The van der Waals surface area contributed by atoms with E-state index in [0.717, 1.165) is 21.2 Å². The van der Waals surface area contributed by atoms with Crippen LogP contribution in [0, 0.1) is 0 Å². The first kappa shape index (κ1) is 12.7. The lowest BCUT2D eigenvalue weighted by Crippen LogP contribution is -1.86. The van der Waals surface area contributed by atoms with Gasteiger partial charge in [0.05, 0.1) is 0 Å². The van der Waals surface area contributed by atoms with E-state index in [1.807, 2.05) is 36.4 Å². The summed E-state index contributed by atoms with van der Waals surface area (Å²) in [5.41, 5.74) is 3.35. The van der Waals surface area contributed by atoms with Crippen molar-refractivity contribution in [2.24, 2.45) is 0 Å². The SMILES string of the molecule is C=Cc1ccc(-c2ccc(Br)cc2)c(O)c1C=C. The van der Waals surface area contributed by atoms with E-state index in [4.69, 9.17) is 0 Å². The second-order valence-corrected chi connectivity index (χ2v) is 4.80. The molecule has 2 aromatic carbocycles. The molecule has 0 spiro atoms. The molecule has 1 nitrogen and oxygen atoms in total. The predicted octanol–water partition coefficient (Wildman–Crippen LogP) is 5.11. The number of hydrogen-bond acceptors (Lipinski definition) is 1. The molecule has 0 amide bonds. The van der Waals surface area contributed by atoms with Crippen molar-refractivity contribution in [3.05, 3.63) is 65.2 Å². The van der Waals surface area contributed by atoms with Crippen LogP contribution in [-0.2, 0) is 0 Å². The van der Waals surface area contributed by atoms with Crippen LogP contribution in [0.25, 0.3) is 23.3 Å². The highest BCUT2D eigenvalue weighted by Crippen LogP contribution is 2.35. The van der Waals surface area contributed by atoms with E-state index in [9.17, 15) is 5.11 Å². The number of phenolic OH excluding ortho intramolecular Hbond substituents is 1. The highest BCUT2D eigenvalue weighted by Gasteiger charge is 2.10. The minimum atomic E-state index is 0.240. The maximum atomic E-state index is 10.3. The summed E-state index contributed by atoms with van der Waals surface area (Å²) in [6, 6.07) is 11.6. The van der Waals surface area contributed by atoms with Gasteiger partial charge < -0.3 is 5.11 Å². The van der Waals surface area contributed by atoms with Gasteiger partial charge in [0.25, 0.3) is 0 Å². The van der Waals surface area contributed by atoms with Crippen LogP contribution in [0.15, 0.2) is 54.0 Å². The second-order valence-electron chi connectivity index (χ2n) is 3.88.